The molecule has 0 spiro atoms. The Balaban J connectivity index is 1.79. The molecule has 1 fully saturated rings. The molecule has 0 aromatic carbocycles. The molecule has 0 aliphatic carbocycles. The van der Waals surface area contributed by atoms with Crippen LogP contribution in [0, 0.1) is 0 Å². The van der Waals surface area contributed by atoms with E-state index in [1.54, 1.807) is 11.9 Å². The SMILES string of the molecule is CCCCCCCCCCCCCCCCSN1C([O])CCC1(C)C. The maximum atomic E-state index is 12.0. The smallest absolute Gasteiger partial charge is 0.155 e. The van der Waals surface area contributed by atoms with Crippen LogP contribution in [0.15, 0.2) is 0 Å². The van der Waals surface area contributed by atoms with Gasteiger partial charge in [-0.3, -0.25) is 0 Å². The third kappa shape index (κ3) is 10.9. The highest BCUT2D eigenvalue weighted by atomic mass is 32.2. The lowest BCUT2D eigenvalue weighted by molar-refractivity contribution is 0.00743. The average Bonchev–Trinajstić information content (AvgIpc) is 2.84. The van der Waals surface area contributed by atoms with Crippen LogP contribution in [0.5, 0.6) is 0 Å². The van der Waals surface area contributed by atoms with Gasteiger partial charge in [-0.2, -0.15) is 0 Å². The predicted octanol–water partition coefficient (Wildman–Crippen LogP) is 7.75. The van der Waals surface area contributed by atoms with Crippen LogP contribution in [-0.4, -0.2) is 21.8 Å². The standard InChI is InChI=1S/C22H44NOS/c1-4-5-6-7-8-9-10-11-12-13-14-15-16-17-20-25-23-21(24)18-19-22(23,2)3/h21H,4-20H2,1-3H3. The van der Waals surface area contributed by atoms with Gasteiger partial charge in [0.05, 0.1) is 0 Å². The van der Waals surface area contributed by atoms with Gasteiger partial charge in [0.1, 0.15) is 0 Å². The van der Waals surface area contributed by atoms with E-state index < -0.39 is 6.23 Å². The highest BCUT2D eigenvalue weighted by molar-refractivity contribution is 7.97. The largest absolute Gasteiger partial charge is 0.215 e. The van der Waals surface area contributed by atoms with Crippen LogP contribution in [0.2, 0.25) is 0 Å². The van der Waals surface area contributed by atoms with Gasteiger partial charge in [-0.05, 0) is 33.1 Å². The molecule has 1 aliphatic heterocycles. The Morgan fingerprint density at radius 2 is 1.24 bits per heavy atom. The lowest BCUT2D eigenvalue weighted by atomic mass is 10.0. The molecule has 1 radical (unpaired) electrons. The van der Waals surface area contributed by atoms with Crippen LogP contribution in [-0.2, 0) is 5.11 Å². The van der Waals surface area contributed by atoms with Gasteiger partial charge in [-0.25, -0.2) is 9.41 Å². The summed E-state index contributed by atoms with van der Waals surface area (Å²) >= 11 is 1.80. The lowest BCUT2D eigenvalue weighted by Crippen LogP contribution is -2.37. The number of hydrogen-bond donors (Lipinski definition) is 0. The molecule has 1 rings (SSSR count). The van der Waals surface area contributed by atoms with Gasteiger partial charge in [-0.15, -0.1) is 0 Å². The van der Waals surface area contributed by atoms with E-state index in [-0.39, 0.29) is 5.54 Å². The second kappa shape index (κ2) is 14.3. The molecule has 1 unspecified atom stereocenters. The Labute approximate surface area is 162 Å². The van der Waals surface area contributed by atoms with E-state index in [2.05, 4.69) is 25.1 Å². The topological polar surface area (TPSA) is 23.1 Å². The fourth-order valence-electron chi connectivity index (χ4n) is 3.81. The molecule has 1 atom stereocenters. The summed E-state index contributed by atoms with van der Waals surface area (Å²) < 4.78 is 2.12. The zero-order valence-electron chi connectivity index (χ0n) is 17.4. The predicted molar refractivity (Wildman–Crippen MR) is 112 cm³/mol. The van der Waals surface area contributed by atoms with E-state index in [4.69, 9.17) is 0 Å². The summed E-state index contributed by atoms with van der Waals surface area (Å²) in [5.74, 6) is 1.13. The molecule has 0 amide bonds. The van der Waals surface area contributed by atoms with Crippen LogP contribution < -0.4 is 0 Å². The zero-order chi connectivity index (χ0) is 18.4. The fraction of sp³-hybridized carbons (Fsp3) is 1.00. The maximum absolute atomic E-state index is 12.0. The van der Waals surface area contributed by atoms with Crippen molar-refractivity contribution in [1.82, 2.24) is 4.31 Å². The molecule has 1 aliphatic rings. The summed E-state index contributed by atoms with van der Waals surface area (Å²) in [5.41, 5.74) is 0.104. The monoisotopic (exact) mass is 370 g/mol. The quantitative estimate of drug-likeness (QED) is 0.205. The number of rotatable bonds is 16. The van der Waals surface area contributed by atoms with E-state index in [1.165, 1.54) is 89.9 Å². The van der Waals surface area contributed by atoms with Crippen LogP contribution in [0.4, 0.5) is 0 Å². The van der Waals surface area contributed by atoms with Gasteiger partial charge in [0.15, 0.2) is 6.23 Å². The van der Waals surface area contributed by atoms with E-state index >= 15 is 0 Å². The van der Waals surface area contributed by atoms with E-state index in [9.17, 15) is 5.11 Å². The minimum Gasteiger partial charge on any atom is -0.215 e. The molecular weight excluding hydrogens is 326 g/mol. The molecule has 0 aromatic heterocycles. The van der Waals surface area contributed by atoms with Crippen molar-refractivity contribution >= 4 is 11.9 Å². The van der Waals surface area contributed by atoms with E-state index in [0.717, 1.165) is 18.6 Å². The van der Waals surface area contributed by atoms with Crippen molar-refractivity contribution in [3.8, 4) is 0 Å². The van der Waals surface area contributed by atoms with Crippen molar-refractivity contribution in [1.29, 1.82) is 0 Å². The number of nitrogens with zero attached hydrogens (tertiary/aromatic N) is 1. The normalized spacial score (nSPS) is 20.4. The van der Waals surface area contributed by atoms with Gasteiger partial charge >= 0.3 is 0 Å². The number of hydrogen-bond acceptors (Lipinski definition) is 2. The minimum atomic E-state index is -0.480. The van der Waals surface area contributed by atoms with Crippen molar-refractivity contribution in [2.75, 3.05) is 5.75 Å². The maximum Gasteiger partial charge on any atom is 0.155 e. The summed E-state index contributed by atoms with van der Waals surface area (Å²) in [6.45, 7) is 6.71. The van der Waals surface area contributed by atoms with Gasteiger partial charge in [0.2, 0.25) is 0 Å². The van der Waals surface area contributed by atoms with Crippen molar-refractivity contribution in [3.05, 3.63) is 0 Å². The first-order chi connectivity index (χ1) is 12.1. The van der Waals surface area contributed by atoms with E-state index in [0.29, 0.717) is 0 Å². The molecule has 3 heteroatoms. The molecule has 0 saturated carbocycles. The van der Waals surface area contributed by atoms with Crippen molar-refractivity contribution in [2.45, 2.75) is 135 Å². The molecule has 149 valence electrons. The summed E-state index contributed by atoms with van der Waals surface area (Å²) in [6, 6.07) is 0. The molecule has 1 saturated heterocycles. The summed E-state index contributed by atoms with van der Waals surface area (Å²) in [5, 5.41) is 12.0. The second-order valence-electron chi connectivity index (χ2n) is 8.56. The van der Waals surface area contributed by atoms with Gasteiger partial charge in [0, 0.05) is 11.3 Å². The molecule has 0 N–H and O–H groups in total. The van der Waals surface area contributed by atoms with Gasteiger partial charge < -0.3 is 0 Å². The van der Waals surface area contributed by atoms with Crippen molar-refractivity contribution < 1.29 is 5.11 Å². The molecule has 25 heavy (non-hydrogen) atoms. The summed E-state index contributed by atoms with van der Waals surface area (Å²) in [7, 11) is 0. The first kappa shape index (κ1) is 23.3. The fourth-order valence-corrected chi connectivity index (χ4v) is 5.05. The molecule has 2 nitrogen and oxygen atoms in total. The lowest BCUT2D eigenvalue weighted by Gasteiger charge is -2.31. The zero-order valence-corrected chi connectivity index (χ0v) is 18.2. The Kier molecular flexibility index (Phi) is 13.4. The molecule has 0 aromatic rings. The Morgan fingerprint density at radius 3 is 1.64 bits per heavy atom. The van der Waals surface area contributed by atoms with Crippen LogP contribution in [0.25, 0.3) is 0 Å². The van der Waals surface area contributed by atoms with E-state index in [1.807, 2.05) is 0 Å². The molecular formula is C22H44NOS. The summed E-state index contributed by atoms with van der Waals surface area (Å²) in [4.78, 5) is 0. The minimum absolute atomic E-state index is 0.104. The van der Waals surface area contributed by atoms with Crippen LogP contribution in [0.1, 0.15) is 124 Å². The first-order valence-electron chi connectivity index (χ1n) is 11.2. The second-order valence-corrected chi connectivity index (χ2v) is 9.62. The van der Waals surface area contributed by atoms with Gasteiger partial charge in [0.25, 0.3) is 0 Å². The van der Waals surface area contributed by atoms with Crippen molar-refractivity contribution in [2.24, 2.45) is 0 Å². The average molecular weight is 371 g/mol. The third-order valence-corrected chi connectivity index (χ3v) is 7.07. The highest BCUT2D eigenvalue weighted by Crippen LogP contribution is 2.38. The third-order valence-electron chi connectivity index (χ3n) is 5.59. The molecule has 0 bridgehead atoms. The van der Waals surface area contributed by atoms with Gasteiger partial charge in [-0.1, -0.05) is 102 Å². The van der Waals surface area contributed by atoms with Crippen molar-refractivity contribution in [3.63, 3.8) is 0 Å². The Hall–Kier alpha value is 0.270. The first-order valence-corrected chi connectivity index (χ1v) is 12.1. The van der Waals surface area contributed by atoms with Crippen LogP contribution in [0.3, 0.4) is 0 Å². The number of unbranched alkanes of at least 4 members (excludes halogenated alkanes) is 13. The summed E-state index contributed by atoms with van der Waals surface area (Å²) in [6.07, 6.45) is 21.1. The molecule has 1 heterocycles. The Morgan fingerprint density at radius 1 is 0.800 bits per heavy atom. The van der Waals surface area contributed by atoms with Crippen LogP contribution >= 0.6 is 11.9 Å². The highest BCUT2D eigenvalue weighted by Gasteiger charge is 2.39. The Bertz CT molecular complexity index is 308.